The van der Waals surface area contributed by atoms with Crippen molar-refractivity contribution in [3.63, 3.8) is 0 Å². The minimum Gasteiger partial charge on any atom is -0.384 e. The molecular weight excluding hydrogens is 249 g/mol. The van der Waals surface area contributed by atoms with Gasteiger partial charge in [0.15, 0.2) is 0 Å². The molecule has 1 aromatic rings. The summed E-state index contributed by atoms with van der Waals surface area (Å²) in [6.45, 7) is -0.224. The minimum absolute atomic E-state index is 0.131. The number of amides is 2. The van der Waals surface area contributed by atoms with Gasteiger partial charge in [0.1, 0.15) is 12.4 Å². The molecule has 0 radical (unpaired) electrons. The summed E-state index contributed by atoms with van der Waals surface area (Å²) in [5.74, 6) is 3.93. The number of likely N-dealkylation sites (tertiary alicyclic amines) is 1. The Morgan fingerprint density at radius 3 is 2.58 bits per heavy atom. The van der Waals surface area contributed by atoms with Crippen molar-refractivity contribution in [2.24, 2.45) is 0 Å². The van der Waals surface area contributed by atoms with Crippen LogP contribution in [-0.2, 0) is 16.1 Å². The summed E-state index contributed by atoms with van der Waals surface area (Å²) in [5, 5.41) is 8.59. The lowest BCUT2D eigenvalue weighted by atomic mass is 10.1. The number of hydrogen-bond donors (Lipinski definition) is 1. The Balaban J connectivity index is 2.21. The summed E-state index contributed by atoms with van der Waals surface area (Å²) in [7, 11) is 0. The summed E-state index contributed by atoms with van der Waals surface area (Å²) in [6.07, 6.45) is 0.467. The van der Waals surface area contributed by atoms with E-state index in [0.717, 1.165) is 4.90 Å². The molecule has 0 unspecified atom stereocenters. The highest BCUT2D eigenvalue weighted by molar-refractivity contribution is 6.01. The molecular formula is C14H12FNO3. The van der Waals surface area contributed by atoms with Crippen LogP contribution in [-0.4, -0.2) is 28.4 Å². The van der Waals surface area contributed by atoms with Gasteiger partial charge in [-0.25, -0.2) is 4.39 Å². The van der Waals surface area contributed by atoms with E-state index in [0.29, 0.717) is 5.56 Å². The minimum atomic E-state index is -0.497. The van der Waals surface area contributed by atoms with Gasteiger partial charge in [-0.3, -0.25) is 14.5 Å². The molecule has 1 N–H and O–H groups in total. The molecule has 19 heavy (non-hydrogen) atoms. The van der Waals surface area contributed by atoms with E-state index < -0.39 is 5.82 Å². The molecule has 2 rings (SSSR count). The normalized spacial score (nSPS) is 14.5. The van der Waals surface area contributed by atoms with E-state index in [1.165, 1.54) is 18.2 Å². The maximum Gasteiger partial charge on any atom is 0.229 e. The molecule has 0 spiro atoms. The van der Waals surface area contributed by atoms with E-state index in [1.54, 1.807) is 0 Å². The van der Waals surface area contributed by atoms with Crippen LogP contribution in [0.3, 0.4) is 0 Å². The lowest BCUT2D eigenvalue weighted by Crippen LogP contribution is -2.28. The monoisotopic (exact) mass is 261 g/mol. The van der Waals surface area contributed by atoms with Crippen molar-refractivity contribution in [2.45, 2.75) is 19.4 Å². The number of benzene rings is 1. The third kappa shape index (κ3) is 2.98. The van der Waals surface area contributed by atoms with Gasteiger partial charge in [-0.05, 0) is 17.7 Å². The van der Waals surface area contributed by atoms with Crippen LogP contribution in [0.2, 0.25) is 0 Å². The first-order valence-electron chi connectivity index (χ1n) is 5.83. The summed E-state index contributed by atoms with van der Waals surface area (Å²) >= 11 is 0. The summed E-state index contributed by atoms with van der Waals surface area (Å²) < 4.78 is 13.4. The molecule has 0 aliphatic carbocycles. The van der Waals surface area contributed by atoms with Gasteiger partial charge in [0, 0.05) is 12.8 Å². The molecule has 4 nitrogen and oxygen atoms in total. The van der Waals surface area contributed by atoms with Gasteiger partial charge < -0.3 is 5.11 Å². The fourth-order valence-electron chi connectivity index (χ4n) is 1.88. The lowest BCUT2D eigenvalue weighted by molar-refractivity contribution is -0.139. The quantitative estimate of drug-likeness (QED) is 0.633. The van der Waals surface area contributed by atoms with E-state index >= 15 is 0 Å². The molecule has 0 atom stereocenters. The first-order valence-corrected chi connectivity index (χ1v) is 5.83. The zero-order valence-electron chi connectivity index (χ0n) is 10.1. The van der Waals surface area contributed by atoms with E-state index in [2.05, 4.69) is 11.8 Å². The summed E-state index contributed by atoms with van der Waals surface area (Å²) in [6, 6.07) is 4.23. The fraction of sp³-hybridized carbons (Fsp3) is 0.286. The number of aliphatic hydroxyl groups excluding tert-OH is 1. The second-order valence-corrected chi connectivity index (χ2v) is 4.15. The molecule has 98 valence electrons. The number of aliphatic hydroxyl groups is 1. The maximum atomic E-state index is 13.4. The second kappa shape index (κ2) is 5.63. The number of nitrogens with zero attached hydrogens (tertiary/aromatic N) is 1. The van der Waals surface area contributed by atoms with E-state index in [9.17, 15) is 14.0 Å². The smallest absolute Gasteiger partial charge is 0.229 e. The second-order valence-electron chi connectivity index (χ2n) is 4.15. The SMILES string of the molecule is O=C1CCC(=O)N1Cc1ccc(F)c(C#CCO)c1. The molecule has 1 heterocycles. The van der Waals surface area contributed by atoms with Crippen LogP contribution >= 0.6 is 0 Å². The number of hydrogen-bond acceptors (Lipinski definition) is 3. The van der Waals surface area contributed by atoms with Gasteiger partial charge in [0.25, 0.3) is 0 Å². The topological polar surface area (TPSA) is 57.6 Å². The van der Waals surface area contributed by atoms with Crippen LogP contribution in [0.4, 0.5) is 4.39 Å². The van der Waals surface area contributed by atoms with Crippen molar-refractivity contribution in [1.29, 1.82) is 0 Å². The first kappa shape index (κ1) is 13.2. The van der Waals surface area contributed by atoms with E-state index in [-0.39, 0.29) is 43.4 Å². The van der Waals surface area contributed by atoms with Crippen molar-refractivity contribution in [2.75, 3.05) is 6.61 Å². The first-order chi connectivity index (χ1) is 9.11. The number of carbonyl (C=O) groups is 2. The van der Waals surface area contributed by atoms with Crippen molar-refractivity contribution in [3.8, 4) is 11.8 Å². The van der Waals surface area contributed by atoms with Crippen LogP contribution in [0.1, 0.15) is 24.0 Å². The number of halogens is 1. The van der Waals surface area contributed by atoms with Crippen molar-refractivity contribution < 1.29 is 19.1 Å². The van der Waals surface area contributed by atoms with Crippen molar-refractivity contribution in [3.05, 3.63) is 35.1 Å². The molecule has 1 aliphatic heterocycles. The molecule has 2 amide bonds. The summed E-state index contributed by atoms with van der Waals surface area (Å²) in [4.78, 5) is 24.1. The molecule has 1 saturated heterocycles. The van der Waals surface area contributed by atoms with Crippen LogP contribution < -0.4 is 0 Å². The number of rotatable bonds is 2. The number of carbonyl (C=O) groups excluding carboxylic acids is 2. The zero-order valence-corrected chi connectivity index (χ0v) is 10.1. The maximum absolute atomic E-state index is 13.4. The van der Waals surface area contributed by atoms with Gasteiger partial charge in [0.2, 0.25) is 11.8 Å². The van der Waals surface area contributed by atoms with Crippen LogP contribution in [0, 0.1) is 17.7 Å². The molecule has 1 fully saturated rings. The van der Waals surface area contributed by atoms with Crippen molar-refractivity contribution in [1.82, 2.24) is 4.90 Å². The standard InChI is InChI=1S/C14H12FNO3/c15-12-4-3-10(8-11(12)2-1-7-17)9-16-13(18)5-6-14(16)19/h3-4,8,17H,5-7,9H2. The molecule has 5 heteroatoms. The average molecular weight is 261 g/mol. The Kier molecular flexibility index (Phi) is 3.93. The Morgan fingerprint density at radius 2 is 1.95 bits per heavy atom. The highest BCUT2D eigenvalue weighted by atomic mass is 19.1. The average Bonchev–Trinajstić information content (AvgIpc) is 2.71. The summed E-state index contributed by atoms with van der Waals surface area (Å²) in [5.41, 5.74) is 0.776. The molecule has 1 aromatic carbocycles. The number of imide groups is 1. The van der Waals surface area contributed by atoms with Crippen molar-refractivity contribution >= 4 is 11.8 Å². The van der Waals surface area contributed by atoms with Gasteiger partial charge in [-0.2, -0.15) is 0 Å². The van der Waals surface area contributed by atoms with Crippen LogP contribution in [0.5, 0.6) is 0 Å². The van der Waals surface area contributed by atoms with Gasteiger partial charge in [-0.15, -0.1) is 0 Å². The third-order valence-corrected chi connectivity index (χ3v) is 2.83. The van der Waals surface area contributed by atoms with Crippen LogP contribution in [0.25, 0.3) is 0 Å². The predicted molar refractivity (Wildman–Crippen MR) is 65.2 cm³/mol. The Bertz CT molecular complexity index is 570. The zero-order chi connectivity index (χ0) is 13.8. The Hall–Kier alpha value is -2.19. The predicted octanol–water partition coefficient (Wildman–Crippen LogP) is 0.819. The van der Waals surface area contributed by atoms with Crippen LogP contribution in [0.15, 0.2) is 18.2 Å². The molecule has 1 aliphatic rings. The highest BCUT2D eigenvalue weighted by Gasteiger charge is 2.28. The van der Waals surface area contributed by atoms with Gasteiger partial charge in [-0.1, -0.05) is 17.9 Å². The largest absolute Gasteiger partial charge is 0.384 e. The van der Waals surface area contributed by atoms with Gasteiger partial charge >= 0.3 is 0 Å². The van der Waals surface area contributed by atoms with E-state index in [4.69, 9.17) is 5.11 Å². The van der Waals surface area contributed by atoms with Gasteiger partial charge in [0.05, 0.1) is 12.1 Å². The Morgan fingerprint density at radius 1 is 1.26 bits per heavy atom. The third-order valence-electron chi connectivity index (χ3n) is 2.83. The molecule has 0 aromatic heterocycles. The highest BCUT2D eigenvalue weighted by Crippen LogP contribution is 2.17. The lowest BCUT2D eigenvalue weighted by Gasteiger charge is -2.13. The molecule has 0 bridgehead atoms. The van der Waals surface area contributed by atoms with E-state index in [1.807, 2.05) is 0 Å². The molecule has 0 saturated carbocycles. The fourth-order valence-corrected chi connectivity index (χ4v) is 1.88. The Labute approximate surface area is 109 Å².